The lowest BCUT2D eigenvalue weighted by atomic mass is 10.0. The quantitative estimate of drug-likeness (QED) is 0.818. The van der Waals surface area contributed by atoms with E-state index in [9.17, 15) is 9.90 Å². The second-order valence-corrected chi connectivity index (χ2v) is 4.59. The van der Waals surface area contributed by atoms with Crippen LogP contribution in [-0.4, -0.2) is 40.1 Å². The first-order valence-electron chi connectivity index (χ1n) is 5.76. The number of carbonyl (C=O) groups excluding carboxylic acids is 1. The van der Waals surface area contributed by atoms with Gasteiger partial charge in [0, 0.05) is 18.3 Å². The summed E-state index contributed by atoms with van der Waals surface area (Å²) in [5.41, 5.74) is 0.533. The number of piperidine rings is 1. The Hall–Kier alpha value is -1.13. The van der Waals surface area contributed by atoms with E-state index in [1.807, 2.05) is 0 Å². The molecule has 2 heterocycles. The number of nitrogens with zero attached hydrogens (tertiary/aromatic N) is 2. The molecule has 0 aliphatic carbocycles. The van der Waals surface area contributed by atoms with Crippen LogP contribution in [0.5, 0.6) is 0 Å². The number of hydrogen-bond donors (Lipinski definition) is 1. The van der Waals surface area contributed by atoms with Crippen LogP contribution in [0.15, 0.2) is 18.3 Å². The van der Waals surface area contributed by atoms with Crippen molar-refractivity contribution in [1.29, 1.82) is 0 Å². The van der Waals surface area contributed by atoms with Crippen molar-refractivity contribution in [3.05, 3.63) is 29.0 Å². The number of aliphatic hydroxyl groups is 1. The van der Waals surface area contributed by atoms with Crippen molar-refractivity contribution in [2.24, 2.45) is 0 Å². The first-order chi connectivity index (χ1) is 8.22. The summed E-state index contributed by atoms with van der Waals surface area (Å²) < 4.78 is 0. The molecular weight excluding hydrogens is 240 g/mol. The molecule has 0 saturated carbocycles. The van der Waals surface area contributed by atoms with Crippen LogP contribution in [0.2, 0.25) is 5.15 Å². The van der Waals surface area contributed by atoms with E-state index in [0.29, 0.717) is 17.3 Å². The zero-order valence-electron chi connectivity index (χ0n) is 9.47. The zero-order valence-corrected chi connectivity index (χ0v) is 10.2. The van der Waals surface area contributed by atoms with Crippen LogP contribution in [0, 0.1) is 0 Å². The predicted octanol–water partition coefficient (Wildman–Crippen LogP) is 1.72. The van der Waals surface area contributed by atoms with Gasteiger partial charge >= 0.3 is 0 Å². The highest BCUT2D eigenvalue weighted by atomic mass is 35.5. The first-order valence-corrected chi connectivity index (χ1v) is 6.13. The number of amides is 1. The summed E-state index contributed by atoms with van der Waals surface area (Å²) in [6.45, 7) is 0.717. The van der Waals surface area contributed by atoms with Gasteiger partial charge in [-0.2, -0.15) is 0 Å². The van der Waals surface area contributed by atoms with Gasteiger partial charge in [-0.05, 0) is 31.4 Å². The van der Waals surface area contributed by atoms with Crippen LogP contribution in [-0.2, 0) is 0 Å². The molecule has 1 aromatic rings. The van der Waals surface area contributed by atoms with E-state index in [-0.39, 0.29) is 18.6 Å². The fraction of sp³-hybridized carbons (Fsp3) is 0.500. The third-order valence-electron chi connectivity index (χ3n) is 3.07. The fourth-order valence-corrected chi connectivity index (χ4v) is 2.33. The topological polar surface area (TPSA) is 53.4 Å². The molecule has 1 aromatic heterocycles. The van der Waals surface area contributed by atoms with Crippen LogP contribution in [0.1, 0.15) is 29.6 Å². The average molecular weight is 255 g/mol. The second kappa shape index (κ2) is 5.47. The van der Waals surface area contributed by atoms with Crippen LogP contribution in [0.4, 0.5) is 0 Å². The van der Waals surface area contributed by atoms with Gasteiger partial charge in [0.25, 0.3) is 5.91 Å². The number of carbonyl (C=O) groups is 1. The average Bonchev–Trinajstić information content (AvgIpc) is 2.38. The van der Waals surface area contributed by atoms with Gasteiger partial charge < -0.3 is 10.0 Å². The number of pyridine rings is 1. The Kier molecular flexibility index (Phi) is 3.97. The number of aromatic nitrogens is 1. The lowest BCUT2D eigenvalue weighted by Gasteiger charge is -2.34. The molecule has 0 radical (unpaired) electrons. The molecule has 1 fully saturated rings. The van der Waals surface area contributed by atoms with Gasteiger partial charge in [-0.1, -0.05) is 11.6 Å². The summed E-state index contributed by atoms with van der Waals surface area (Å²) >= 11 is 5.77. The van der Waals surface area contributed by atoms with Crippen LogP contribution < -0.4 is 0 Å². The third kappa shape index (κ3) is 2.76. The van der Waals surface area contributed by atoms with Gasteiger partial charge in [-0.25, -0.2) is 4.98 Å². The summed E-state index contributed by atoms with van der Waals surface area (Å²) in [5.74, 6) is -0.0759. The highest BCUT2D eigenvalue weighted by molar-refractivity contribution is 6.29. The van der Waals surface area contributed by atoms with Crippen molar-refractivity contribution in [3.8, 4) is 0 Å². The number of aliphatic hydroxyl groups excluding tert-OH is 1. The molecule has 17 heavy (non-hydrogen) atoms. The summed E-state index contributed by atoms with van der Waals surface area (Å²) in [7, 11) is 0. The van der Waals surface area contributed by atoms with E-state index < -0.39 is 0 Å². The normalized spacial score (nSPS) is 20.4. The van der Waals surface area contributed by atoms with Crippen molar-refractivity contribution < 1.29 is 9.90 Å². The molecule has 1 unspecified atom stereocenters. The molecule has 1 amide bonds. The van der Waals surface area contributed by atoms with E-state index in [2.05, 4.69) is 4.98 Å². The minimum Gasteiger partial charge on any atom is -0.394 e. The Labute approximate surface area is 105 Å². The standard InChI is InChI=1S/C12H15ClN2O2/c13-11-7-9(4-5-14-11)12(17)15-6-2-1-3-10(15)8-16/h4-5,7,10,16H,1-3,6,8H2. The Morgan fingerprint density at radius 3 is 3.12 bits per heavy atom. The first kappa shape index (κ1) is 12.3. The van der Waals surface area contributed by atoms with Gasteiger partial charge in [-0.15, -0.1) is 0 Å². The second-order valence-electron chi connectivity index (χ2n) is 4.20. The Morgan fingerprint density at radius 2 is 2.41 bits per heavy atom. The molecule has 0 bridgehead atoms. The molecule has 4 nitrogen and oxygen atoms in total. The number of halogens is 1. The summed E-state index contributed by atoms with van der Waals surface area (Å²) in [5, 5.41) is 9.59. The van der Waals surface area contributed by atoms with Crippen molar-refractivity contribution in [2.45, 2.75) is 25.3 Å². The highest BCUT2D eigenvalue weighted by Crippen LogP contribution is 2.20. The maximum absolute atomic E-state index is 12.2. The molecule has 2 rings (SSSR count). The van der Waals surface area contributed by atoms with E-state index in [1.165, 1.54) is 6.20 Å². The molecule has 92 valence electrons. The van der Waals surface area contributed by atoms with Crippen LogP contribution in [0.25, 0.3) is 0 Å². The summed E-state index contributed by atoms with van der Waals surface area (Å²) in [4.78, 5) is 17.8. The minimum atomic E-state index is -0.0759. The number of rotatable bonds is 2. The van der Waals surface area contributed by atoms with E-state index in [0.717, 1.165) is 19.3 Å². The van der Waals surface area contributed by atoms with E-state index in [1.54, 1.807) is 17.0 Å². The van der Waals surface area contributed by atoms with E-state index in [4.69, 9.17) is 11.6 Å². The van der Waals surface area contributed by atoms with Crippen molar-refractivity contribution in [2.75, 3.05) is 13.2 Å². The van der Waals surface area contributed by atoms with Gasteiger partial charge in [0.15, 0.2) is 0 Å². The molecule has 0 aromatic carbocycles. The minimum absolute atomic E-state index is 0.0184. The lowest BCUT2D eigenvalue weighted by Crippen LogP contribution is -2.45. The molecule has 5 heteroatoms. The zero-order chi connectivity index (χ0) is 12.3. The van der Waals surface area contributed by atoms with Gasteiger partial charge in [0.05, 0.1) is 12.6 Å². The van der Waals surface area contributed by atoms with Crippen LogP contribution in [0.3, 0.4) is 0 Å². The van der Waals surface area contributed by atoms with Gasteiger partial charge in [0.1, 0.15) is 5.15 Å². The maximum Gasteiger partial charge on any atom is 0.254 e. The molecule has 1 N–H and O–H groups in total. The molecule has 0 spiro atoms. The third-order valence-corrected chi connectivity index (χ3v) is 3.28. The Bertz CT molecular complexity index is 411. The summed E-state index contributed by atoms with van der Waals surface area (Å²) in [6.07, 6.45) is 4.43. The monoisotopic (exact) mass is 254 g/mol. The van der Waals surface area contributed by atoms with Gasteiger partial charge in [0.2, 0.25) is 0 Å². The molecule has 1 atom stereocenters. The van der Waals surface area contributed by atoms with Crippen LogP contribution >= 0.6 is 11.6 Å². The molecule has 1 aliphatic rings. The molecular formula is C12H15ClN2O2. The Morgan fingerprint density at radius 1 is 1.59 bits per heavy atom. The Balaban J connectivity index is 2.18. The molecule has 1 aliphatic heterocycles. The number of hydrogen-bond acceptors (Lipinski definition) is 3. The lowest BCUT2D eigenvalue weighted by molar-refractivity contribution is 0.0503. The predicted molar refractivity (Wildman–Crippen MR) is 65.0 cm³/mol. The number of likely N-dealkylation sites (tertiary alicyclic amines) is 1. The fourth-order valence-electron chi connectivity index (χ4n) is 2.16. The summed E-state index contributed by atoms with van der Waals surface area (Å²) in [6, 6.07) is 3.15. The molecule has 1 saturated heterocycles. The van der Waals surface area contributed by atoms with Gasteiger partial charge in [-0.3, -0.25) is 4.79 Å². The largest absolute Gasteiger partial charge is 0.394 e. The van der Waals surface area contributed by atoms with Crippen molar-refractivity contribution >= 4 is 17.5 Å². The highest BCUT2D eigenvalue weighted by Gasteiger charge is 2.26. The SMILES string of the molecule is O=C(c1ccnc(Cl)c1)N1CCCCC1CO. The smallest absolute Gasteiger partial charge is 0.254 e. The maximum atomic E-state index is 12.2. The van der Waals surface area contributed by atoms with Crippen molar-refractivity contribution in [1.82, 2.24) is 9.88 Å². The van der Waals surface area contributed by atoms with Crippen molar-refractivity contribution in [3.63, 3.8) is 0 Å². The van der Waals surface area contributed by atoms with E-state index >= 15 is 0 Å².